The van der Waals surface area contributed by atoms with Gasteiger partial charge in [-0.05, 0) is 31.0 Å². The molecule has 1 rings (SSSR count). The third-order valence-electron chi connectivity index (χ3n) is 1.78. The third-order valence-corrected chi connectivity index (χ3v) is 2.22. The Labute approximate surface area is 76.3 Å². The lowest BCUT2D eigenvalue weighted by Gasteiger charge is -2.10. The lowest BCUT2D eigenvalue weighted by molar-refractivity contribution is 0.435. The van der Waals surface area contributed by atoms with E-state index in [0.717, 1.165) is 11.1 Å². The normalized spacial score (nSPS) is 15.1. The van der Waals surface area contributed by atoms with Gasteiger partial charge in [0.15, 0.2) is 0 Å². The maximum atomic E-state index is 12.5. The highest BCUT2D eigenvalue weighted by molar-refractivity contribution is 7.51. The molecule has 0 aliphatic heterocycles. The van der Waals surface area contributed by atoms with Gasteiger partial charge in [0, 0.05) is 0 Å². The Morgan fingerprint density at radius 3 is 2.62 bits per heavy atom. The van der Waals surface area contributed by atoms with E-state index in [2.05, 4.69) is 10.0 Å². The zero-order valence-corrected chi connectivity index (χ0v) is 8.35. The monoisotopic (exact) mass is 203 g/mol. The molecule has 0 fully saturated rings. The van der Waals surface area contributed by atoms with Gasteiger partial charge in [-0.2, -0.15) is 0 Å². The Morgan fingerprint density at radius 2 is 2.08 bits per heavy atom. The van der Waals surface area contributed by atoms with E-state index < -0.39 is 7.83 Å². The minimum absolute atomic E-state index is 0.230. The Kier molecular flexibility index (Phi) is 2.74. The minimum atomic E-state index is -4.43. The molecule has 0 saturated heterocycles. The molecule has 0 bridgehead atoms. The summed E-state index contributed by atoms with van der Waals surface area (Å²) < 4.78 is 27.5. The van der Waals surface area contributed by atoms with Gasteiger partial charge in [-0.1, -0.05) is 12.1 Å². The third kappa shape index (κ3) is 2.83. The van der Waals surface area contributed by atoms with Crippen LogP contribution in [0.4, 0.5) is 4.20 Å². The summed E-state index contributed by atoms with van der Waals surface area (Å²) in [5.74, 6) is 0.230. The van der Waals surface area contributed by atoms with Crippen molar-refractivity contribution < 1.29 is 13.3 Å². The highest BCUT2D eigenvalue weighted by atomic mass is 31.2. The van der Waals surface area contributed by atoms with Crippen molar-refractivity contribution in [2.45, 2.75) is 13.8 Å². The molecule has 0 heterocycles. The minimum Gasteiger partial charge on any atom is -0.410 e. The van der Waals surface area contributed by atoms with E-state index in [1.54, 1.807) is 13.0 Å². The van der Waals surface area contributed by atoms with Gasteiger partial charge in [0.25, 0.3) is 0 Å². The van der Waals surface area contributed by atoms with Gasteiger partial charge >= 0.3 is 7.83 Å². The van der Waals surface area contributed by atoms with Crippen molar-refractivity contribution in [3.63, 3.8) is 0 Å². The molecule has 1 unspecified atom stereocenters. The molecule has 0 aromatic heterocycles. The van der Waals surface area contributed by atoms with Crippen LogP contribution in [0.5, 0.6) is 5.75 Å². The largest absolute Gasteiger partial charge is 0.493 e. The summed E-state index contributed by atoms with van der Waals surface area (Å²) in [7, 11) is -4.43. The summed E-state index contributed by atoms with van der Waals surface area (Å²) in [5, 5.41) is 0. The van der Waals surface area contributed by atoms with Crippen molar-refractivity contribution in [2.24, 2.45) is 5.50 Å². The molecule has 0 saturated carbocycles. The first kappa shape index (κ1) is 10.2. The molecule has 2 N–H and O–H groups in total. The van der Waals surface area contributed by atoms with Crippen LogP contribution in [0.3, 0.4) is 0 Å². The highest BCUT2D eigenvalue weighted by Gasteiger charge is 2.17. The number of nitrogens with two attached hydrogens (primary N) is 1. The van der Waals surface area contributed by atoms with Gasteiger partial charge in [-0.3, -0.25) is 0 Å². The fourth-order valence-corrected chi connectivity index (χ4v) is 1.42. The number of hydrogen-bond acceptors (Lipinski definition) is 2. The molecule has 5 heteroatoms. The SMILES string of the molecule is Cc1cccc(OP(N)(=O)F)c1C. The smallest absolute Gasteiger partial charge is 0.410 e. The first-order valence-corrected chi connectivity index (χ1v) is 5.33. The maximum absolute atomic E-state index is 12.5. The van der Waals surface area contributed by atoms with Crippen molar-refractivity contribution in [1.82, 2.24) is 0 Å². The van der Waals surface area contributed by atoms with E-state index in [9.17, 15) is 8.76 Å². The number of hydrogen-bond donors (Lipinski definition) is 1. The quantitative estimate of drug-likeness (QED) is 0.752. The zero-order valence-electron chi connectivity index (χ0n) is 7.45. The van der Waals surface area contributed by atoms with E-state index in [-0.39, 0.29) is 5.75 Å². The van der Waals surface area contributed by atoms with Crippen LogP contribution in [0.15, 0.2) is 18.2 Å². The molecule has 0 aliphatic rings. The zero-order chi connectivity index (χ0) is 10.1. The fraction of sp³-hybridized carbons (Fsp3) is 0.250. The Balaban J connectivity index is 3.03. The van der Waals surface area contributed by atoms with Gasteiger partial charge in [-0.25, -0.2) is 10.1 Å². The van der Waals surface area contributed by atoms with Gasteiger partial charge in [0.2, 0.25) is 0 Å². The first-order valence-electron chi connectivity index (χ1n) is 3.74. The van der Waals surface area contributed by atoms with E-state index in [1.165, 1.54) is 6.07 Å². The van der Waals surface area contributed by atoms with Crippen LogP contribution in [0.1, 0.15) is 11.1 Å². The van der Waals surface area contributed by atoms with E-state index >= 15 is 0 Å². The van der Waals surface area contributed by atoms with Crippen LogP contribution in [-0.2, 0) is 4.57 Å². The standard InChI is InChI=1S/C8H11FNO2P/c1-6-4-3-5-8(7(6)2)12-13(9,10)11/h3-5H,1-2H3,(H2,10,11). The van der Waals surface area contributed by atoms with E-state index in [1.807, 2.05) is 13.0 Å². The molecule has 72 valence electrons. The average molecular weight is 203 g/mol. The van der Waals surface area contributed by atoms with Crippen molar-refractivity contribution in [3.8, 4) is 5.75 Å². The molecule has 0 spiro atoms. The molecule has 0 amide bonds. The van der Waals surface area contributed by atoms with Gasteiger partial charge in [-0.15, -0.1) is 4.20 Å². The molecule has 0 radical (unpaired) electrons. The van der Waals surface area contributed by atoms with Gasteiger partial charge < -0.3 is 4.52 Å². The Morgan fingerprint density at radius 1 is 1.46 bits per heavy atom. The first-order chi connectivity index (χ1) is 5.90. The fourth-order valence-electron chi connectivity index (χ4n) is 0.957. The summed E-state index contributed by atoms with van der Waals surface area (Å²) in [6.07, 6.45) is 0. The van der Waals surface area contributed by atoms with E-state index in [4.69, 9.17) is 0 Å². The van der Waals surface area contributed by atoms with Crippen molar-refractivity contribution in [1.29, 1.82) is 0 Å². The number of rotatable bonds is 2. The van der Waals surface area contributed by atoms with Crippen LogP contribution in [0, 0.1) is 13.8 Å². The average Bonchev–Trinajstić information content (AvgIpc) is 1.96. The highest BCUT2D eigenvalue weighted by Crippen LogP contribution is 2.41. The molecule has 1 aromatic carbocycles. The van der Waals surface area contributed by atoms with Crippen molar-refractivity contribution in [3.05, 3.63) is 29.3 Å². The predicted octanol–water partition coefficient (Wildman–Crippen LogP) is 2.72. The second-order valence-corrected chi connectivity index (χ2v) is 4.03. The number of benzene rings is 1. The number of aryl methyl sites for hydroxylation is 1. The van der Waals surface area contributed by atoms with Crippen molar-refractivity contribution >= 4 is 7.83 Å². The summed E-state index contributed by atoms with van der Waals surface area (Å²) >= 11 is 0. The van der Waals surface area contributed by atoms with Crippen LogP contribution < -0.4 is 10.0 Å². The summed E-state index contributed by atoms with van der Waals surface area (Å²) in [4.78, 5) is 0. The number of halogens is 1. The van der Waals surface area contributed by atoms with Gasteiger partial charge in [0.1, 0.15) is 5.75 Å². The molecule has 1 atom stereocenters. The summed E-state index contributed by atoms with van der Waals surface area (Å²) in [5.41, 5.74) is 6.33. The summed E-state index contributed by atoms with van der Waals surface area (Å²) in [6, 6.07) is 5.07. The molecule has 3 nitrogen and oxygen atoms in total. The van der Waals surface area contributed by atoms with Crippen LogP contribution in [0.25, 0.3) is 0 Å². The summed E-state index contributed by atoms with van der Waals surface area (Å²) in [6.45, 7) is 3.60. The van der Waals surface area contributed by atoms with Crippen LogP contribution >= 0.6 is 7.83 Å². The van der Waals surface area contributed by atoms with E-state index in [0.29, 0.717) is 0 Å². The lowest BCUT2D eigenvalue weighted by Crippen LogP contribution is -1.98. The molecule has 1 aromatic rings. The molecule has 0 aliphatic carbocycles. The Bertz CT molecular complexity index is 361. The molecular formula is C8H11FNO2P. The van der Waals surface area contributed by atoms with Crippen LogP contribution in [-0.4, -0.2) is 0 Å². The van der Waals surface area contributed by atoms with Crippen molar-refractivity contribution in [2.75, 3.05) is 0 Å². The Hall–Kier alpha value is -0.860. The predicted molar refractivity (Wildman–Crippen MR) is 49.4 cm³/mol. The second-order valence-electron chi connectivity index (χ2n) is 2.81. The molecule has 13 heavy (non-hydrogen) atoms. The van der Waals surface area contributed by atoms with Crippen LogP contribution in [0.2, 0.25) is 0 Å². The lowest BCUT2D eigenvalue weighted by atomic mass is 10.1. The van der Waals surface area contributed by atoms with Gasteiger partial charge in [0.05, 0.1) is 0 Å². The second kappa shape index (κ2) is 3.48. The topological polar surface area (TPSA) is 52.3 Å². The maximum Gasteiger partial charge on any atom is 0.493 e. The molecular weight excluding hydrogens is 192 g/mol.